The largest absolute Gasteiger partial charge is 0.465 e. The summed E-state index contributed by atoms with van der Waals surface area (Å²) in [6.45, 7) is 6.40. The highest BCUT2D eigenvalue weighted by atomic mass is 19.4. The van der Waals surface area contributed by atoms with E-state index in [4.69, 9.17) is 0 Å². The molecule has 1 saturated heterocycles. The van der Waals surface area contributed by atoms with E-state index in [1.54, 1.807) is 47.3 Å². The Bertz CT molecular complexity index is 2030. The van der Waals surface area contributed by atoms with Crippen molar-refractivity contribution >= 4 is 46.0 Å². The number of rotatable bonds is 8. The van der Waals surface area contributed by atoms with Gasteiger partial charge in [0, 0.05) is 62.6 Å². The number of carbonyl (C=O) groups excluding carboxylic acids is 1. The zero-order chi connectivity index (χ0) is 35.1. The van der Waals surface area contributed by atoms with E-state index in [0.29, 0.717) is 41.0 Å². The molecule has 0 bridgehead atoms. The molecule has 1 aromatic carbocycles. The van der Waals surface area contributed by atoms with Crippen LogP contribution in [0.4, 0.5) is 40.0 Å². The molecule has 1 fully saturated rings. The van der Waals surface area contributed by atoms with Crippen molar-refractivity contribution in [1.29, 1.82) is 0 Å². The maximum absolute atomic E-state index is 14.1. The summed E-state index contributed by atoms with van der Waals surface area (Å²) in [7, 11) is 1.97. The van der Waals surface area contributed by atoms with Gasteiger partial charge in [-0.05, 0) is 50.7 Å². The number of nitrogens with one attached hydrogen (secondary N) is 3. The van der Waals surface area contributed by atoms with Gasteiger partial charge in [0.1, 0.15) is 17.8 Å². The number of piperazine rings is 1. The number of fused-ring (bicyclic) bond motifs is 2. The van der Waals surface area contributed by atoms with Crippen LogP contribution < -0.4 is 16.0 Å². The van der Waals surface area contributed by atoms with Gasteiger partial charge < -0.3 is 30.3 Å². The number of halogens is 3. The third-order valence-corrected chi connectivity index (χ3v) is 8.17. The summed E-state index contributed by atoms with van der Waals surface area (Å²) in [5, 5.41) is 27.8. The number of urea groups is 1. The molecule has 17 heteroatoms. The number of imidazole rings is 1. The van der Waals surface area contributed by atoms with Gasteiger partial charge in [-0.25, -0.2) is 24.5 Å². The van der Waals surface area contributed by atoms with Gasteiger partial charge in [0.05, 0.1) is 34.5 Å². The van der Waals surface area contributed by atoms with E-state index in [2.05, 4.69) is 35.8 Å². The first kappa shape index (κ1) is 33.6. The Kier molecular flexibility index (Phi) is 8.91. The van der Waals surface area contributed by atoms with E-state index in [1.807, 2.05) is 11.9 Å². The molecule has 0 saturated carbocycles. The van der Waals surface area contributed by atoms with Crippen LogP contribution in [0.5, 0.6) is 0 Å². The predicted octanol–water partition coefficient (Wildman–Crippen LogP) is 5.02. The highest BCUT2D eigenvalue weighted by molar-refractivity contribution is 6.05. The lowest BCUT2D eigenvalue weighted by Gasteiger charge is -2.33. The van der Waals surface area contributed by atoms with Crippen molar-refractivity contribution in [2.24, 2.45) is 0 Å². The van der Waals surface area contributed by atoms with Crippen LogP contribution in [0.3, 0.4) is 0 Å². The molecule has 5 aromatic rings. The number of hydrogen-bond acceptors (Lipinski definition) is 8. The van der Waals surface area contributed by atoms with Crippen molar-refractivity contribution in [1.82, 2.24) is 33.7 Å². The number of aromatic nitrogens is 5. The molecule has 49 heavy (non-hydrogen) atoms. The lowest BCUT2D eigenvalue weighted by atomic mass is 10.0. The minimum atomic E-state index is -4.62. The molecule has 14 nitrogen and oxygen atoms in total. The Morgan fingerprint density at radius 2 is 1.71 bits per heavy atom. The topological polar surface area (TPSA) is 165 Å². The summed E-state index contributed by atoms with van der Waals surface area (Å²) >= 11 is 0. The number of anilines is 3. The average Bonchev–Trinajstić information content (AvgIpc) is 3.64. The van der Waals surface area contributed by atoms with Crippen LogP contribution in [0.25, 0.3) is 27.9 Å². The maximum Gasteiger partial charge on any atom is 0.416 e. The molecule has 4 aromatic heterocycles. The van der Waals surface area contributed by atoms with Crippen LogP contribution in [0.2, 0.25) is 0 Å². The number of carboxylic acid groups (broad SMARTS) is 1. The van der Waals surface area contributed by atoms with Gasteiger partial charge in [0.2, 0.25) is 0 Å². The minimum absolute atomic E-state index is 0.0268. The zero-order valence-electron chi connectivity index (χ0n) is 26.9. The van der Waals surface area contributed by atoms with Gasteiger partial charge in [-0.15, -0.1) is 0 Å². The van der Waals surface area contributed by atoms with Crippen molar-refractivity contribution in [3.05, 3.63) is 66.4 Å². The normalized spacial score (nSPS) is 14.8. The van der Waals surface area contributed by atoms with E-state index >= 15 is 0 Å². The molecule has 1 aliphatic heterocycles. The number of likely N-dealkylation sites (N-methyl/N-ethyl adjacent to an activating group) is 1. The Hall–Kier alpha value is -5.26. The second-order valence-electron chi connectivity index (χ2n) is 12.6. The molecular formula is C32H35F3N10O4. The Morgan fingerprint density at radius 3 is 2.41 bits per heavy atom. The van der Waals surface area contributed by atoms with E-state index in [-0.39, 0.29) is 35.8 Å². The number of benzene rings is 1. The van der Waals surface area contributed by atoms with Gasteiger partial charge in [-0.3, -0.25) is 14.6 Å². The summed E-state index contributed by atoms with van der Waals surface area (Å²) in [4.78, 5) is 41.6. The Labute approximate surface area is 278 Å². The highest BCUT2D eigenvalue weighted by Gasteiger charge is 2.34. The summed E-state index contributed by atoms with van der Waals surface area (Å²) in [6, 6.07) is 6.24. The lowest BCUT2D eigenvalue weighted by molar-refractivity contribution is -0.138. The first-order valence-electron chi connectivity index (χ1n) is 15.4. The van der Waals surface area contributed by atoms with Gasteiger partial charge in [-0.2, -0.15) is 13.2 Å². The monoisotopic (exact) mass is 680 g/mol. The fourth-order valence-corrected chi connectivity index (χ4v) is 5.97. The minimum Gasteiger partial charge on any atom is -0.465 e. The van der Waals surface area contributed by atoms with Gasteiger partial charge in [-0.1, -0.05) is 6.07 Å². The van der Waals surface area contributed by atoms with Gasteiger partial charge in [0.15, 0.2) is 5.65 Å². The third-order valence-electron chi connectivity index (χ3n) is 8.17. The van der Waals surface area contributed by atoms with Gasteiger partial charge in [0.25, 0.3) is 0 Å². The quantitative estimate of drug-likeness (QED) is 0.151. The summed E-state index contributed by atoms with van der Waals surface area (Å²) in [5.41, 5.74) is 0.146. The average molecular weight is 681 g/mol. The van der Waals surface area contributed by atoms with Crippen molar-refractivity contribution in [2.75, 3.05) is 49.2 Å². The Balaban J connectivity index is 1.28. The van der Waals surface area contributed by atoms with E-state index < -0.39 is 29.5 Å². The van der Waals surface area contributed by atoms with Crippen LogP contribution >= 0.6 is 0 Å². The summed E-state index contributed by atoms with van der Waals surface area (Å²) in [5.74, 6) is 0.0321. The molecule has 3 amide bonds. The van der Waals surface area contributed by atoms with E-state index in [0.717, 1.165) is 19.2 Å². The number of aliphatic hydroxyl groups is 1. The molecule has 6 rings (SSSR count). The standard InChI is InChI=1S/C32H35F3N10O4/c1-31(2,49)17-44-16-21(25-26(41-30(47)48)37-18-38-28(25)44)24-7-6-23(27-36-8-9-45(24)27)40-29(46)39-20-5-4-19(22(14-20)32(33,34)35)15-43-12-10-42(3)11-13-43/h4-9,14,16,18,49H,10-13,15,17H2,1-3H3,(H,47,48)(H,37,38,41)(H2,39,40,46). The molecule has 0 unspecified atom stereocenters. The first-order valence-corrected chi connectivity index (χ1v) is 15.4. The molecule has 1 aliphatic rings. The summed E-state index contributed by atoms with van der Waals surface area (Å²) < 4.78 is 45.6. The number of amides is 3. The predicted molar refractivity (Wildman–Crippen MR) is 177 cm³/mol. The molecule has 0 spiro atoms. The molecule has 0 aliphatic carbocycles. The fourth-order valence-electron chi connectivity index (χ4n) is 5.97. The van der Waals surface area contributed by atoms with Crippen LogP contribution in [-0.4, -0.2) is 94.9 Å². The molecule has 0 atom stereocenters. The van der Waals surface area contributed by atoms with Crippen LogP contribution in [0, 0.1) is 0 Å². The van der Waals surface area contributed by atoms with E-state index in [1.165, 1.54) is 24.7 Å². The van der Waals surface area contributed by atoms with Crippen molar-refractivity contribution in [2.45, 2.75) is 38.7 Å². The number of pyridine rings is 1. The molecule has 5 N–H and O–H groups in total. The van der Waals surface area contributed by atoms with E-state index in [9.17, 15) is 33.0 Å². The second kappa shape index (κ2) is 13.0. The molecular weight excluding hydrogens is 645 g/mol. The molecule has 258 valence electrons. The van der Waals surface area contributed by atoms with Crippen molar-refractivity contribution in [3.8, 4) is 11.3 Å². The first-order chi connectivity index (χ1) is 23.2. The lowest BCUT2D eigenvalue weighted by Crippen LogP contribution is -2.44. The molecule has 5 heterocycles. The number of carbonyl (C=O) groups is 2. The molecule has 0 radical (unpaired) electrons. The van der Waals surface area contributed by atoms with Crippen molar-refractivity contribution < 1.29 is 33.0 Å². The fraction of sp³-hybridized carbons (Fsp3) is 0.344. The maximum atomic E-state index is 14.1. The van der Waals surface area contributed by atoms with Crippen LogP contribution in [0.15, 0.2) is 55.2 Å². The summed E-state index contributed by atoms with van der Waals surface area (Å²) in [6.07, 6.45) is 0.121. The number of alkyl halides is 3. The van der Waals surface area contributed by atoms with Crippen LogP contribution in [-0.2, 0) is 19.3 Å². The van der Waals surface area contributed by atoms with Crippen molar-refractivity contribution in [3.63, 3.8) is 0 Å². The number of hydrogen-bond donors (Lipinski definition) is 5. The van der Waals surface area contributed by atoms with Gasteiger partial charge >= 0.3 is 18.3 Å². The highest BCUT2D eigenvalue weighted by Crippen LogP contribution is 2.37. The second-order valence-corrected chi connectivity index (χ2v) is 12.6. The van der Waals surface area contributed by atoms with Crippen LogP contribution in [0.1, 0.15) is 25.0 Å². The SMILES string of the molecule is CN1CCN(Cc2ccc(NC(=O)Nc3ccc(-c4cn(CC(C)(C)O)c5ncnc(NC(=O)O)c45)n4ccnc34)cc2C(F)(F)F)CC1. The smallest absolute Gasteiger partial charge is 0.416 e. The third kappa shape index (κ3) is 7.43. The zero-order valence-corrected chi connectivity index (χ0v) is 26.9. The number of nitrogens with zero attached hydrogens (tertiary/aromatic N) is 7. The Morgan fingerprint density at radius 1 is 0.959 bits per heavy atom.